The first-order valence-electron chi connectivity index (χ1n) is 7.53. The molecule has 0 radical (unpaired) electrons. The Morgan fingerprint density at radius 2 is 1.56 bits per heavy atom. The van der Waals surface area contributed by atoms with Gasteiger partial charge < -0.3 is 14.4 Å². The Bertz CT molecular complexity index is 717. The van der Waals surface area contributed by atoms with Gasteiger partial charge in [0.1, 0.15) is 0 Å². The molecule has 2 rings (SSSR count). The highest BCUT2D eigenvalue weighted by atomic mass is 16.6. The Morgan fingerprint density at radius 1 is 1.08 bits per heavy atom. The van der Waals surface area contributed by atoms with Gasteiger partial charge in [-0.25, -0.2) is 9.59 Å². The molecule has 0 unspecified atom stereocenters. The SMILES string of the molecule is CCN1C=C(C(=O)OC)C(c2ccc([N+](=O)[O-])cc2)C(C(=O)OC)=C1. The summed E-state index contributed by atoms with van der Waals surface area (Å²) in [7, 11) is 2.50. The number of non-ortho nitro benzene ring substituents is 1. The number of benzene rings is 1. The van der Waals surface area contributed by atoms with Crippen molar-refractivity contribution in [1.82, 2.24) is 4.90 Å². The number of nitro benzene ring substituents is 1. The summed E-state index contributed by atoms with van der Waals surface area (Å²) in [5, 5.41) is 10.8. The van der Waals surface area contributed by atoms with Gasteiger partial charge in [0, 0.05) is 31.1 Å². The van der Waals surface area contributed by atoms with Crippen molar-refractivity contribution in [3.63, 3.8) is 0 Å². The predicted octanol–water partition coefficient (Wildman–Crippen LogP) is 2.13. The average Bonchev–Trinajstić information content (AvgIpc) is 2.65. The molecule has 0 aliphatic carbocycles. The van der Waals surface area contributed by atoms with Crippen LogP contribution in [-0.4, -0.2) is 42.5 Å². The monoisotopic (exact) mass is 346 g/mol. The van der Waals surface area contributed by atoms with E-state index in [1.54, 1.807) is 17.3 Å². The summed E-state index contributed by atoms with van der Waals surface area (Å²) in [6, 6.07) is 5.67. The van der Waals surface area contributed by atoms with E-state index < -0.39 is 22.8 Å². The molecule has 1 aliphatic heterocycles. The second kappa shape index (κ2) is 7.61. The summed E-state index contributed by atoms with van der Waals surface area (Å²) in [5.41, 5.74) is 0.971. The maximum atomic E-state index is 12.2. The Kier molecular flexibility index (Phi) is 5.53. The number of rotatable bonds is 5. The van der Waals surface area contributed by atoms with Gasteiger partial charge >= 0.3 is 11.9 Å². The van der Waals surface area contributed by atoms with Crippen LogP contribution in [0.3, 0.4) is 0 Å². The first-order chi connectivity index (χ1) is 11.9. The van der Waals surface area contributed by atoms with E-state index in [1.807, 2.05) is 6.92 Å². The van der Waals surface area contributed by atoms with Crippen LogP contribution in [0.5, 0.6) is 0 Å². The summed E-state index contributed by atoms with van der Waals surface area (Å²) in [6.45, 7) is 2.40. The second-order valence-corrected chi connectivity index (χ2v) is 5.26. The lowest BCUT2D eigenvalue weighted by Crippen LogP contribution is -2.28. The Labute approximate surface area is 144 Å². The molecule has 25 heavy (non-hydrogen) atoms. The number of nitro groups is 1. The van der Waals surface area contributed by atoms with Crippen molar-refractivity contribution in [2.75, 3.05) is 20.8 Å². The Morgan fingerprint density at radius 3 is 1.92 bits per heavy atom. The van der Waals surface area contributed by atoms with Crippen molar-refractivity contribution in [1.29, 1.82) is 0 Å². The molecule has 1 aromatic rings. The van der Waals surface area contributed by atoms with E-state index in [2.05, 4.69) is 0 Å². The fraction of sp³-hybridized carbons (Fsp3) is 0.294. The maximum Gasteiger partial charge on any atom is 0.336 e. The van der Waals surface area contributed by atoms with Crippen LogP contribution in [0.25, 0.3) is 0 Å². The van der Waals surface area contributed by atoms with Gasteiger partial charge in [0.05, 0.1) is 36.2 Å². The molecular formula is C17H18N2O6. The number of methoxy groups -OCH3 is 2. The summed E-state index contributed by atoms with van der Waals surface area (Å²) >= 11 is 0. The van der Waals surface area contributed by atoms with E-state index in [-0.39, 0.29) is 16.8 Å². The third-order valence-electron chi connectivity index (χ3n) is 3.88. The van der Waals surface area contributed by atoms with E-state index in [0.717, 1.165) is 0 Å². The third-order valence-corrected chi connectivity index (χ3v) is 3.88. The summed E-state index contributed by atoms with van der Waals surface area (Å²) in [5.74, 6) is -1.91. The molecule has 1 aliphatic rings. The van der Waals surface area contributed by atoms with Crippen LogP contribution < -0.4 is 0 Å². The van der Waals surface area contributed by atoms with Crippen molar-refractivity contribution in [2.24, 2.45) is 0 Å². The zero-order chi connectivity index (χ0) is 18.6. The molecule has 8 nitrogen and oxygen atoms in total. The molecular weight excluding hydrogens is 328 g/mol. The molecule has 0 saturated carbocycles. The molecule has 1 aromatic carbocycles. The molecule has 0 amide bonds. The highest BCUT2D eigenvalue weighted by Gasteiger charge is 2.35. The van der Waals surface area contributed by atoms with E-state index >= 15 is 0 Å². The quantitative estimate of drug-likeness (QED) is 0.457. The first kappa shape index (κ1) is 18.2. The minimum absolute atomic E-state index is 0.0815. The second-order valence-electron chi connectivity index (χ2n) is 5.26. The number of nitrogens with zero attached hydrogens (tertiary/aromatic N) is 2. The van der Waals surface area contributed by atoms with E-state index in [1.165, 1.54) is 38.5 Å². The van der Waals surface area contributed by atoms with Gasteiger partial charge in [-0.05, 0) is 12.5 Å². The van der Waals surface area contributed by atoms with Crippen molar-refractivity contribution in [3.8, 4) is 0 Å². The van der Waals surface area contributed by atoms with Gasteiger partial charge in [0.25, 0.3) is 5.69 Å². The van der Waals surface area contributed by atoms with E-state index in [9.17, 15) is 19.7 Å². The number of carbonyl (C=O) groups excluding carboxylic acids is 2. The van der Waals surface area contributed by atoms with Crippen LogP contribution in [0.15, 0.2) is 47.8 Å². The van der Waals surface area contributed by atoms with E-state index in [4.69, 9.17) is 9.47 Å². The summed E-state index contributed by atoms with van der Waals surface area (Å²) in [4.78, 5) is 36.5. The highest BCUT2D eigenvalue weighted by Crippen LogP contribution is 2.37. The topological polar surface area (TPSA) is 99.0 Å². The number of carbonyl (C=O) groups is 2. The van der Waals surface area contributed by atoms with Crippen LogP contribution in [0.2, 0.25) is 0 Å². The Balaban J connectivity index is 2.57. The van der Waals surface area contributed by atoms with Crippen molar-refractivity contribution >= 4 is 17.6 Å². The largest absolute Gasteiger partial charge is 0.466 e. The first-order valence-corrected chi connectivity index (χ1v) is 7.53. The van der Waals surface area contributed by atoms with Crippen molar-refractivity contribution < 1.29 is 24.0 Å². The van der Waals surface area contributed by atoms with Gasteiger partial charge in [-0.3, -0.25) is 10.1 Å². The zero-order valence-electron chi connectivity index (χ0n) is 14.1. The van der Waals surface area contributed by atoms with Gasteiger partial charge in [-0.15, -0.1) is 0 Å². The molecule has 0 spiro atoms. The van der Waals surface area contributed by atoms with Crippen LogP contribution in [0.1, 0.15) is 18.4 Å². The molecule has 132 valence electrons. The third kappa shape index (κ3) is 3.68. The molecule has 0 aromatic heterocycles. The summed E-state index contributed by atoms with van der Waals surface area (Å²) < 4.78 is 9.67. The van der Waals surface area contributed by atoms with Gasteiger partial charge in [0.2, 0.25) is 0 Å². The fourth-order valence-corrected chi connectivity index (χ4v) is 2.62. The minimum atomic E-state index is -0.733. The molecule has 0 atom stereocenters. The number of esters is 2. The lowest BCUT2D eigenvalue weighted by Gasteiger charge is -2.29. The molecule has 0 fully saturated rings. The van der Waals surface area contributed by atoms with E-state index in [0.29, 0.717) is 12.1 Å². The van der Waals surface area contributed by atoms with Gasteiger partial charge in [-0.1, -0.05) is 12.1 Å². The minimum Gasteiger partial charge on any atom is -0.466 e. The normalized spacial score (nSPS) is 14.4. The molecule has 0 bridgehead atoms. The number of hydrogen-bond donors (Lipinski definition) is 0. The smallest absolute Gasteiger partial charge is 0.336 e. The van der Waals surface area contributed by atoms with Crippen molar-refractivity contribution in [2.45, 2.75) is 12.8 Å². The average molecular weight is 346 g/mol. The fourth-order valence-electron chi connectivity index (χ4n) is 2.62. The van der Waals surface area contributed by atoms with Crippen LogP contribution >= 0.6 is 0 Å². The molecule has 8 heteroatoms. The van der Waals surface area contributed by atoms with Gasteiger partial charge in [-0.2, -0.15) is 0 Å². The Hall–Kier alpha value is -3.16. The molecule has 0 saturated heterocycles. The van der Waals surface area contributed by atoms with Crippen LogP contribution in [0, 0.1) is 10.1 Å². The maximum absolute atomic E-state index is 12.2. The molecule has 1 heterocycles. The zero-order valence-corrected chi connectivity index (χ0v) is 14.1. The van der Waals surface area contributed by atoms with Gasteiger partial charge in [0.15, 0.2) is 0 Å². The highest BCUT2D eigenvalue weighted by molar-refractivity contribution is 5.98. The predicted molar refractivity (Wildman–Crippen MR) is 88.4 cm³/mol. The van der Waals surface area contributed by atoms with Crippen LogP contribution in [0.4, 0.5) is 5.69 Å². The lowest BCUT2D eigenvalue weighted by molar-refractivity contribution is -0.384. The molecule has 0 N–H and O–H groups in total. The van der Waals surface area contributed by atoms with Crippen LogP contribution in [-0.2, 0) is 19.1 Å². The number of hydrogen-bond acceptors (Lipinski definition) is 7. The van der Waals surface area contributed by atoms with Crippen molar-refractivity contribution in [3.05, 3.63) is 63.5 Å². The lowest BCUT2D eigenvalue weighted by atomic mass is 9.83. The number of ether oxygens (including phenoxy) is 2. The summed E-state index contributed by atoms with van der Waals surface area (Å²) in [6.07, 6.45) is 3.20. The standard InChI is InChI=1S/C17H18N2O6/c1-4-18-9-13(16(20)24-2)15(14(10-18)17(21)25-3)11-5-7-12(8-6-11)19(22)23/h5-10,15H,4H2,1-3H3.